The van der Waals surface area contributed by atoms with Crippen molar-refractivity contribution in [3.05, 3.63) is 17.3 Å². The molecule has 0 saturated carbocycles. The van der Waals surface area contributed by atoms with E-state index in [0.717, 1.165) is 0 Å². The van der Waals surface area contributed by atoms with Gasteiger partial charge in [0.2, 0.25) is 0 Å². The summed E-state index contributed by atoms with van der Waals surface area (Å²) in [7, 11) is 0. The van der Waals surface area contributed by atoms with Crippen LogP contribution in [0.1, 0.15) is 12.6 Å². The Morgan fingerprint density at radius 2 is 2.33 bits per heavy atom. The first-order valence-electron chi connectivity index (χ1n) is 5.44. The molecule has 2 aromatic rings. The summed E-state index contributed by atoms with van der Waals surface area (Å²) in [6, 6.07) is 0. The van der Waals surface area contributed by atoms with E-state index in [1.54, 1.807) is 0 Å². The lowest BCUT2D eigenvalue weighted by molar-refractivity contribution is -0.0351. The third-order valence-electron chi connectivity index (χ3n) is 2.92. The molecule has 2 aromatic heterocycles. The lowest BCUT2D eigenvalue weighted by atomic mass is 10.2. The fourth-order valence-corrected chi connectivity index (χ4v) is 2.44. The second-order valence-corrected chi connectivity index (χ2v) is 4.82. The summed E-state index contributed by atoms with van der Waals surface area (Å²) in [4.78, 5) is 12.2. The quantitative estimate of drug-likeness (QED) is 0.843. The first-order valence-corrected chi connectivity index (χ1v) is 6.23. The number of halogens is 2. The highest BCUT2D eigenvalue weighted by Crippen LogP contribution is 2.33. The van der Waals surface area contributed by atoms with Crippen molar-refractivity contribution in [1.29, 1.82) is 0 Å². The lowest BCUT2D eigenvalue weighted by Crippen LogP contribution is -2.16. The molecule has 3 atom stereocenters. The molecule has 1 unspecified atom stereocenters. The molecule has 1 aliphatic rings. The summed E-state index contributed by atoms with van der Waals surface area (Å²) in [5.74, 6) is 0. The van der Waals surface area contributed by atoms with Crippen LogP contribution in [0.4, 0.5) is 4.39 Å². The largest absolute Gasteiger partial charge is 0.394 e. The fourth-order valence-electron chi connectivity index (χ4n) is 2.07. The Kier molecular flexibility index (Phi) is 3.00. The molecule has 1 saturated heterocycles. The van der Waals surface area contributed by atoms with Gasteiger partial charge in [-0.2, -0.15) is 0 Å². The zero-order chi connectivity index (χ0) is 12.7. The molecular weight excluding hydrogens is 307 g/mol. The van der Waals surface area contributed by atoms with E-state index in [2.05, 4.69) is 30.9 Å². The third-order valence-corrected chi connectivity index (χ3v) is 3.50. The minimum atomic E-state index is -1.19. The monoisotopic (exact) mass is 316 g/mol. The van der Waals surface area contributed by atoms with Gasteiger partial charge in [-0.1, -0.05) is 0 Å². The summed E-state index contributed by atoms with van der Waals surface area (Å²) in [6.07, 6.45) is 0.555. The molecule has 1 N–H and O–H groups in total. The van der Waals surface area contributed by atoms with Gasteiger partial charge < -0.3 is 9.84 Å². The molecule has 0 aromatic carbocycles. The molecule has 3 rings (SSSR count). The van der Waals surface area contributed by atoms with Gasteiger partial charge in [-0.15, -0.1) is 0 Å². The van der Waals surface area contributed by atoms with Crippen LogP contribution in [-0.4, -0.2) is 43.5 Å². The van der Waals surface area contributed by atoms with Gasteiger partial charge in [0.1, 0.15) is 22.6 Å². The zero-order valence-electron chi connectivity index (χ0n) is 9.20. The van der Waals surface area contributed by atoms with Crippen molar-refractivity contribution in [3.63, 3.8) is 0 Å². The van der Waals surface area contributed by atoms with Gasteiger partial charge in [0.05, 0.1) is 19.0 Å². The number of ether oxygens (including phenoxy) is 1. The van der Waals surface area contributed by atoms with Crippen molar-refractivity contribution in [2.45, 2.75) is 24.9 Å². The van der Waals surface area contributed by atoms with Crippen molar-refractivity contribution < 1.29 is 14.2 Å². The van der Waals surface area contributed by atoms with Crippen molar-refractivity contribution in [2.75, 3.05) is 6.61 Å². The molecule has 8 heteroatoms. The van der Waals surface area contributed by atoms with Crippen LogP contribution in [0.2, 0.25) is 0 Å². The number of aromatic nitrogens is 4. The maximum absolute atomic E-state index is 13.9. The van der Waals surface area contributed by atoms with Crippen LogP contribution in [0.25, 0.3) is 11.2 Å². The second-order valence-electron chi connectivity index (χ2n) is 4.07. The summed E-state index contributed by atoms with van der Waals surface area (Å²) >= 11 is 3.26. The van der Waals surface area contributed by atoms with E-state index in [1.165, 1.54) is 17.2 Å². The normalized spacial score (nSPS) is 28.1. The van der Waals surface area contributed by atoms with Crippen LogP contribution < -0.4 is 0 Å². The standard InChI is InChI=1S/C10H10BrFN4O2/c11-8-7-9(14-3-13-8)16(4-15-7)10-6(12)1-5(2-17)18-10/h3-6,10,17H,1-2H2/t5-,6-,10?/m0/s1. The van der Waals surface area contributed by atoms with Crippen LogP contribution in [-0.2, 0) is 4.74 Å². The van der Waals surface area contributed by atoms with Crippen molar-refractivity contribution in [3.8, 4) is 0 Å². The van der Waals surface area contributed by atoms with Crippen molar-refractivity contribution in [1.82, 2.24) is 19.5 Å². The number of nitrogens with zero attached hydrogens (tertiary/aromatic N) is 4. The average Bonchev–Trinajstić information content (AvgIpc) is 2.93. The Bertz CT molecular complexity index is 578. The molecule has 6 nitrogen and oxygen atoms in total. The van der Waals surface area contributed by atoms with Crippen LogP contribution in [0.3, 0.4) is 0 Å². The van der Waals surface area contributed by atoms with Gasteiger partial charge in [-0.05, 0) is 15.9 Å². The molecular formula is C10H10BrFN4O2. The smallest absolute Gasteiger partial charge is 0.168 e. The van der Waals surface area contributed by atoms with Gasteiger partial charge in [0.15, 0.2) is 11.9 Å². The topological polar surface area (TPSA) is 73.1 Å². The zero-order valence-corrected chi connectivity index (χ0v) is 10.8. The van der Waals surface area contributed by atoms with Crippen molar-refractivity contribution in [2.24, 2.45) is 0 Å². The van der Waals surface area contributed by atoms with Crippen LogP contribution in [0.5, 0.6) is 0 Å². The molecule has 96 valence electrons. The lowest BCUT2D eigenvalue weighted by Gasteiger charge is -2.15. The van der Waals surface area contributed by atoms with E-state index in [0.29, 0.717) is 15.8 Å². The highest BCUT2D eigenvalue weighted by Gasteiger charge is 2.37. The molecule has 0 amide bonds. The average molecular weight is 317 g/mol. The van der Waals surface area contributed by atoms with Crippen LogP contribution >= 0.6 is 15.9 Å². The number of aliphatic hydroxyl groups excluding tert-OH is 1. The number of imidazole rings is 1. The Labute approximate surface area is 110 Å². The highest BCUT2D eigenvalue weighted by molar-refractivity contribution is 9.10. The Hall–Kier alpha value is -1.12. The predicted molar refractivity (Wildman–Crippen MR) is 63.5 cm³/mol. The van der Waals surface area contributed by atoms with E-state index in [4.69, 9.17) is 9.84 Å². The number of alkyl halides is 1. The maximum atomic E-state index is 13.9. The summed E-state index contributed by atoms with van der Waals surface area (Å²) in [6.45, 7) is -0.192. The van der Waals surface area contributed by atoms with Gasteiger partial charge in [-0.3, -0.25) is 4.57 Å². The van der Waals surface area contributed by atoms with Gasteiger partial charge in [0, 0.05) is 6.42 Å². The number of aliphatic hydroxyl groups is 1. The molecule has 1 fully saturated rings. The minimum absolute atomic E-state index is 0.174. The second kappa shape index (κ2) is 4.52. The molecule has 3 heterocycles. The van der Waals surface area contributed by atoms with Crippen LogP contribution in [0.15, 0.2) is 17.3 Å². The van der Waals surface area contributed by atoms with Crippen molar-refractivity contribution >= 4 is 27.1 Å². The first-order chi connectivity index (χ1) is 8.70. The van der Waals surface area contributed by atoms with Gasteiger partial charge in [-0.25, -0.2) is 19.3 Å². The molecule has 0 bridgehead atoms. The number of fused-ring (bicyclic) bond motifs is 1. The first kappa shape index (κ1) is 11.9. The molecule has 1 aliphatic heterocycles. The minimum Gasteiger partial charge on any atom is -0.394 e. The van der Waals surface area contributed by atoms with E-state index in [9.17, 15) is 4.39 Å². The number of rotatable bonds is 2. The van der Waals surface area contributed by atoms with Gasteiger partial charge in [0.25, 0.3) is 0 Å². The van der Waals surface area contributed by atoms with Crippen LogP contribution in [0, 0.1) is 0 Å². The number of hydrogen-bond donors (Lipinski definition) is 1. The number of hydrogen-bond acceptors (Lipinski definition) is 5. The van der Waals surface area contributed by atoms with E-state index < -0.39 is 18.5 Å². The van der Waals surface area contributed by atoms with E-state index in [-0.39, 0.29) is 13.0 Å². The molecule has 0 radical (unpaired) electrons. The summed E-state index contributed by atoms with van der Waals surface area (Å²) in [5, 5.41) is 9.01. The van der Waals surface area contributed by atoms with E-state index in [1.807, 2.05) is 0 Å². The Balaban J connectivity index is 2.02. The predicted octanol–water partition coefficient (Wildman–Crippen LogP) is 1.21. The SMILES string of the molecule is OC[C@@H]1C[C@H](F)C(n2cnc3c(Br)ncnc32)O1. The fraction of sp³-hybridized carbons (Fsp3) is 0.500. The summed E-state index contributed by atoms with van der Waals surface area (Å²) in [5.41, 5.74) is 1.06. The molecule has 0 aliphatic carbocycles. The Morgan fingerprint density at radius 1 is 1.50 bits per heavy atom. The van der Waals surface area contributed by atoms with Gasteiger partial charge >= 0.3 is 0 Å². The van der Waals surface area contributed by atoms with E-state index >= 15 is 0 Å². The Morgan fingerprint density at radius 3 is 3.06 bits per heavy atom. The third kappa shape index (κ3) is 1.80. The molecule has 0 spiro atoms. The molecule has 18 heavy (non-hydrogen) atoms. The maximum Gasteiger partial charge on any atom is 0.168 e. The highest BCUT2D eigenvalue weighted by atomic mass is 79.9. The summed E-state index contributed by atoms with van der Waals surface area (Å²) < 4.78 is 21.4.